The van der Waals surface area contributed by atoms with Crippen LogP contribution in [0.1, 0.15) is 10.5 Å². The van der Waals surface area contributed by atoms with Gasteiger partial charge in [0.05, 0.1) is 17.8 Å². The summed E-state index contributed by atoms with van der Waals surface area (Å²) in [7, 11) is 1.19. The van der Waals surface area contributed by atoms with Crippen molar-refractivity contribution in [2.75, 3.05) is 7.11 Å². The Bertz CT molecular complexity index is 767. The van der Waals surface area contributed by atoms with Crippen molar-refractivity contribution in [3.63, 3.8) is 0 Å². The van der Waals surface area contributed by atoms with Gasteiger partial charge in [0, 0.05) is 5.56 Å². The van der Waals surface area contributed by atoms with Crippen LogP contribution in [0.2, 0.25) is 5.02 Å². The van der Waals surface area contributed by atoms with E-state index in [0.717, 1.165) is 0 Å². The summed E-state index contributed by atoms with van der Waals surface area (Å²) < 4.78 is 39.8. The minimum atomic E-state index is -3.74. The molecular weight excluding hydrogens is 320 g/mol. The maximum absolute atomic E-state index is 13.2. The zero-order chi connectivity index (χ0) is 15.9. The second-order valence-corrected chi connectivity index (χ2v) is 4.73. The first-order chi connectivity index (χ1) is 10.4. The highest BCUT2D eigenvalue weighted by Crippen LogP contribution is 2.46. The number of hydrogen-bond acceptors (Lipinski definition) is 5. The van der Waals surface area contributed by atoms with Crippen molar-refractivity contribution >= 4 is 17.6 Å². The normalized spacial score (nSPS) is 14.7. The largest absolute Gasteiger partial charge is 0.586 e. The molecule has 0 unspecified atom stereocenters. The lowest BCUT2D eigenvalue weighted by atomic mass is 10.1. The number of carbonyl (C=O) groups is 1. The topological polar surface area (TPSA) is 57.7 Å². The molecule has 1 aromatic heterocycles. The summed E-state index contributed by atoms with van der Waals surface area (Å²) in [5.74, 6) is -1.00. The smallest absolute Gasteiger partial charge is 0.464 e. The van der Waals surface area contributed by atoms with E-state index in [1.807, 2.05) is 0 Å². The second kappa shape index (κ2) is 5.10. The van der Waals surface area contributed by atoms with Crippen LogP contribution >= 0.6 is 11.6 Å². The van der Waals surface area contributed by atoms with Gasteiger partial charge in [0.1, 0.15) is 0 Å². The number of nitrogens with zero attached hydrogens (tertiary/aromatic N) is 1. The molecule has 0 amide bonds. The van der Waals surface area contributed by atoms with E-state index in [4.69, 9.17) is 11.6 Å². The van der Waals surface area contributed by atoms with Crippen molar-refractivity contribution in [2.45, 2.75) is 6.29 Å². The Morgan fingerprint density at radius 1 is 1.27 bits per heavy atom. The molecule has 0 radical (unpaired) electrons. The molecule has 3 rings (SSSR count). The van der Waals surface area contributed by atoms with Gasteiger partial charge in [0.2, 0.25) is 0 Å². The van der Waals surface area contributed by atoms with Crippen LogP contribution in [-0.2, 0) is 4.74 Å². The van der Waals surface area contributed by atoms with Crippen molar-refractivity contribution in [3.05, 3.63) is 41.0 Å². The Kier molecular flexibility index (Phi) is 3.37. The fourth-order valence-corrected chi connectivity index (χ4v) is 2.19. The molecule has 2 aromatic rings. The lowest BCUT2D eigenvalue weighted by Crippen LogP contribution is -2.26. The number of halogens is 3. The van der Waals surface area contributed by atoms with E-state index >= 15 is 0 Å². The van der Waals surface area contributed by atoms with E-state index in [2.05, 4.69) is 19.2 Å². The average Bonchev–Trinajstić information content (AvgIpc) is 2.80. The van der Waals surface area contributed by atoms with E-state index in [-0.39, 0.29) is 33.5 Å². The quantitative estimate of drug-likeness (QED) is 0.790. The molecule has 5 nitrogen and oxygen atoms in total. The Balaban J connectivity index is 2.11. The van der Waals surface area contributed by atoms with Gasteiger partial charge in [-0.15, -0.1) is 8.78 Å². The molecule has 2 heterocycles. The van der Waals surface area contributed by atoms with Crippen molar-refractivity contribution in [3.8, 4) is 22.8 Å². The Hall–Kier alpha value is -2.41. The van der Waals surface area contributed by atoms with Crippen LogP contribution in [-0.4, -0.2) is 24.4 Å². The van der Waals surface area contributed by atoms with Crippen LogP contribution in [0, 0.1) is 0 Å². The molecular formula is C14H8ClF2NO4. The van der Waals surface area contributed by atoms with E-state index < -0.39 is 12.3 Å². The van der Waals surface area contributed by atoms with Gasteiger partial charge in [0.15, 0.2) is 17.2 Å². The van der Waals surface area contributed by atoms with E-state index in [9.17, 15) is 13.6 Å². The molecule has 0 saturated heterocycles. The number of aromatic nitrogens is 1. The third-order valence-corrected chi connectivity index (χ3v) is 3.23. The molecule has 1 aromatic carbocycles. The van der Waals surface area contributed by atoms with Crippen LogP contribution < -0.4 is 9.47 Å². The van der Waals surface area contributed by atoms with Crippen LogP contribution in [0.3, 0.4) is 0 Å². The van der Waals surface area contributed by atoms with Crippen LogP contribution in [0.4, 0.5) is 8.78 Å². The number of ether oxygens (including phenoxy) is 3. The summed E-state index contributed by atoms with van der Waals surface area (Å²) >= 11 is 5.88. The zero-order valence-corrected chi connectivity index (χ0v) is 11.9. The fourth-order valence-electron chi connectivity index (χ4n) is 2.00. The molecule has 0 fully saturated rings. The van der Waals surface area contributed by atoms with E-state index in [1.165, 1.54) is 37.4 Å². The van der Waals surface area contributed by atoms with Gasteiger partial charge >= 0.3 is 12.3 Å². The van der Waals surface area contributed by atoms with Crippen LogP contribution in [0.25, 0.3) is 11.3 Å². The monoisotopic (exact) mass is 327 g/mol. The van der Waals surface area contributed by atoms with Crippen molar-refractivity contribution in [1.82, 2.24) is 4.98 Å². The summed E-state index contributed by atoms with van der Waals surface area (Å²) in [5, 5.41) is 0.0886. The highest BCUT2D eigenvalue weighted by Gasteiger charge is 2.44. The van der Waals surface area contributed by atoms with Crippen LogP contribution in [0.15, 0.2) is 30.3 Å². The van der Waals surface area contributed by atoms with Gasteiger partial charge in [-0.1, -0.05) is 17.7 Å². The summed E-state index contributed by atoms with van der Waals surface area (Å²) in [5.41, 5.74) is 0.351. The first-order valence-corrected chi connectivity index (χ1v) is 6.43. The van der Waals surface area contributed by atoms with Crippen LogP contribution in [0.5, 0.6) is 11.5 Å². The third-order valence-electron chi connectivity index (χ3n) is 2.93. The van der Waals surface area contributed by atoms with Gasteiger partial charge in [0.25, 0.3) is 0 Å². The number of hydrogen-bond donors (Lipinski definition) is 0. The SMILES string of the molecule is COC(=O)c1nc(-c2cccc3c2OC(F)(F)O3)ccc1Cl. The maximum atomic E-state index is 13.2. The second-order valence-electron chi connectivity index (χ2n) is 4.32. The van der Waals surface area contributed by atoms with E-state index in [0.29, 0.717) is 0 Å². The molecule has 22 heavy (non-hydrogen) atoms. The minimum absolute atomic E-state index is 0.0886. The highest BCUT2D eigenvalue weighted by atomic mass is 35.5. The predicted octanol–water partition coefficient (Wildman–Crippen LogP) is 3.51. The first-order valence-electron chi connectivity index (χ1n) is 6.05. The Labute approximate surface area is 128 Å². The molecule has 0 spiro atoms. The van der Waals surface area contributed by atoms with Crippen molar-refractivity contribution in [2.24, 2.45) is 0 Å². The molecule has 0 saturated carbocycles. The Morgan fingerprint density at radius 3 is 2.77 bits per heavy atom. The van der Waals surface area contributed by atoms with Gasteiger partial charge in [-0.2, -0.15) is 0 Å². The predicted molar refractivity (Wildman–Crippen MR) is 72.2 cm³/mol. The summed E-state index contributed by atoms with van der Waals surface area (Å²) in [6.45, 7) is 0. The number of benzene rings is 1. The molecule has 0 bridgehead atoms. The summed E-state index contributed by atoms with van der Waals surface area (Å²) in [6.07, 6.45) is -3.74. The maximum Gasteiger partial charge on any atom is 0.586 e. The molecule has 1 aliphatic heterocycles. The number of methoxy groups -OCH3 is 1. The molecule has 8 heteroatoms. The van der Waals surface area contributed by atoms with Crippen molar-refractivity contribution in [1.29, 1.82) is 0 Å². The molecule has 1 aliphatic rings. The number of fused-ring (bicyclic) bond motifs is 1. The van der Waals surface area contributed by atoms with Gasteiger partial charge in [-0.05, 0) is 24.3 Å². The Morgan fingerprint density at radius 2 is 2.05 bits per heavy atom. The summed E-state index contributed by atoms with van der Waals surface area (Å²) in [6, 6.07) is 7.26. The van der Waals surface area contributed by atoms with Gasteiger partial charge < -0.3 is 14.2 Å². The third kappa shape index (κ3) is 2.43. The number of rotatable bonds is 2. The van der Waals surface area contributed by atoms with Gasteiger partial charge in [-0.25, -0.2) is 9.78 Å². The first kappa shape index (κ1) is 14.5. The fraction of sp³-hybridized carbons (Fsp3) is 0.143. The average molecular weight is 328 g/mol. The van der Waals surface area contributed by atoms with E-state index in [1.54, 1.807) is 0 Å². The molecule has 0 N–H and O–H groups in total. The molecule has 114 valence electrons. The lowest BCUT2D eigenvalue weighted by molar-refractivity contribution is -0.286. The summed E-state index contributed by atoms with van der Waals surface area (Å²) in [4.78, 5) is 15.7. The number of esters is 1. The molecule has 0 atom stereocenters. The highest BCUT2D eigenvalue weighted by molar-refractivity contribution is 6.33. The number of pyridine rings is 1. The minimum Gasteiger partial charge on any atom is -0.464 e. The van der Waals surface area contributed by atoms with Crippen molar-refractivity contribution < 1.29 is 27.8 Å². The zero-order valence-electron chi connectivity index (χ0n) is 11.1. The standard InChI is InChI=1S/C14H8ClF2NO4/c1-20-13(19)11-8(15)5-6-9(18-11)7-3-2-4-10-12(7)22-14(16,17)21-10/h2-6H,1H3. The number of carbonyl (C=O) groups excluding carboxylic acids is 1. The number of para-hydroxylation sites is 1. The number of alkyl halides is 2. The van der Waals surface area contributed by atoms with Gasteiger partial charge in [-0.3, -0.25) is 0 Å². The molecule has 0 aliphatic carbocycles. The lowest BCUT2D eigenvalue weighted by Gasteiger charge is -2.08.